The molecule has 1 fully saturated rings. The van der Waals surface area contributed by atoms with Crippen molar-refractivity contribution in [2.24, 2.45) is 0 Å². The van der Waals surface area contributed by atoms with Gasteiger partial charge in [-0.3, -0.25) is 23.6 Å². The van der Waals surface area contributed by atoms with Crippen molar-refractivity contribution in [1.29, 1.82) is 0 Å². The summed E-state index contributed by atoms with van der Waals surface area (Å²) >= 11 is 0. The fourth-order valence-electron chi connectivity index (χ4n) is 4.54. The number of anilines is 1. The maximum Gasteiger partial charge on any atom is 0.244 e. The number of aryl methyl sites for hydroxylation is 1. The van der Waals surface area contributed by atoms with E-state index in [4.69, 9.17) is 0 Å². The van der Waals surface area contributed by atoms with Gasteiger partial charge in [-0.25, -0.2) is 0 Å². The molecular formula is C24H31N3O5S. The predicted molar refractivity (Wildman–Crippen MR) is 129 cm³/mol. The van der Waals surface area contributed by atoms with Crippen LogP contribution in [0.2, 0.25) is 0 Å². The summed E-state index contributed by atoms with van der Waals surface area (Å²) in [5.74, 6) is -0.880. The van der Waals surface area contributed by atoms with Gasteiger partial charge in [0.05, 0.1) is 29.1 Å². The van der Waals surface area contributed by atoms with Crippen molar-refractivity contribution in [3.8, 4) is 0 Å². The fourth-order valence-corrected chi connectivity index (χ4v) is 5.88. The lowest BCUT2D eigenvalue weighted by Gasteiger charge is -2.37. The zero-order valence-corrected chi connectivity index (χ0v) is 19.7. The van der Waals surface area contributed by atoms with Crippen LogP contribution in [0.15, 0.2) is 47.4 Å². The summed E-state index contributed by atoms with van der Waals surface area (Å²) in [6.07, 6.45) is 0.518. The van der Waals surface area contributed by atoms with Crippen molar-refractivity contribution in [3.63, 3.8) is 0 Å². The molecule has 9 heteroatoms. The van der Waals surface area contributed by atoms with Gasteiger partial charge in [0.1, 0.15) is 5.75 Å². The van der Waals surface area contributed by atoms with Gasteiger partial charge >= 0.3 is 0 Å². The van der Waals surface area contributed by atoms with Crippen molar-refractivity contribution >= 4 is 28.1 Å². The highest BCUT2D eigenvalue weighted by atomic mass is 32.3. The van der Waals surface area contributed by atoms with Crippen LogP contribution in [0.3, 0.4) is 0 Å². The van der Waals surface area contributed by atoms with Crippen LogP contribution in [-0.2, 0) is 16.0 Å². The van der Waals surface area contributed by atoms with Crippen LogP contribution in [0, 0.1) is 6.92 Å². The van der Waals surface area contributed by atoms with E-state index >= 15 is 0 Å². The van der Waals surface area contributed by atoms with E-state index in [0.29, 0.717) is 29.2 Å². The molecule has 2 amide bonds. The van der Waals surface area contributed by atoms with E-state index < -0.39 is 16.5 Å². The number of aliphatic hydroxyl groups excluding tert-OH is 1. The van der Waals surface area contributed by atoms with E-state index in [2.05, 4.69) is 16.3 Å². The SMILES string of the molecule is Cc1cccc([C@@H](CN2CC[C@H](O)C2)N(C)C(=O)Cc2ccc3c(c2)NC(=O)CS3(O)O)c1. The van der Waals surface area contributed by atoms with Crippen LogP contribution in [0.5, 0.6) is 0 Å². The summed E-state index contributed by atoms with van der Waals surface area (Å²) in [5.41, 5.74) is 3.19. The number of nitrogens with zero attached hydrogens (tertiary/aromatic N) is 2. The minimum absolute atomic E-state index is 0.0880. The molecule has 0 aliphatic carbocycles. The van der Waals surface area contributed by atoms with Crippen LogP contribution >= 0.6 is 10.6 Å². The van der Waals surface area contributed by atoms with Crippen LogP contribution in [0.25, 0.3) is 0 Å². The number of carbonyl (C=O) groups is 2. The van der Waals surface area contributed by atoms with Gasteiger partial charge in [0.25, 0.3) is 0 Å². The molecule has 1 saturated heterocycles. The standard InChI is InChI=1S/C24H31N3O5S/c1-16-4-3-5-18(10-16)21(14-27-9-8-19(28)13-27)26(2)24(30)12-17-6-7-22-20(11-17)25-23(29)15-33(22,31)32/h3-7,10-11,19,21,28,31-32H,8-9,12-15H2,1-2H3,(H,25,29)/t19-,21+/m0/s1. The Morgan fingerprint density at radius 1 is 1.27 bits per heavy atom. The first-order chi connectivity index (χ1) is 15.6. The lowest BCUT2D eigenvalue weighted by Crippen LogP contribution is -2.39. The smallest absolute Gasteiger partial charge is 0.244 e. The predicted octanol–water partition coefficient (Wildman–Crippen LogP) is 2.87. The number of rotatable bonds is 6. The summed E-state index contributed by atoms with van der Waals surface area (Å²) in [6, 6.07) is 12.9. The van der Waals surface area contributed by atoms with Gasteiger partial charge in [-0.1, -0.05) is 35.9 Å². The molecule has 33 heavy (non-hydrogen) atoms. The highest BCUT2D eigenvalue weighted by molar-refractivity contribution is 8.25. The van der Waals surface area contributed by atoms with Crippen molar-refractivity contribution in [3.05, 3.63) is 59.2 Å². The molecule has 2 aliphatic rings. The molecule has 2 atom stereocenters. The Balaban J connectivity index is 1.54. The van der Waals surface area contributed by atoms with Gasteiger partial charge < -0.3 is 15.3 Å². The first-order valence-electron chi connectivity index (χ1n) is 11.0. The maximum atomic E-state index is 13.3. The summed E-state index contributed by atoms with van der Waals surface area (Å²) in [4.78, 5) is 29.3. The van der Waals surface area contributed by atoms with E-state index in [-0.39, 0.29) is 30.2 Å². The summed E-state index contributed by atoms with van der Waals surface area (Å²) in [7, 11) is -1.37. The molecule has 2 aromatic rings. The third-order valence-corrected chi connectivity index (χ3v) is 8.05. The van der Waals surface area contributed by atoms with Crippen LogP contribution < -0.4 is 5.32 Å². The van der Waals surface area contributed by atoms with Gasteiger partial charge in [-0.15, -0.1) is 0 Å². The molecule has 2 aromatic carbocycles. The topological polar surface area (TPSA) is 113 Å². The van der Waals surface area contributed by atoms with E-state index in [1.807, 2.05) is 25.1 Å². The van der Waals surface area contributed by atoms with Gasteiger partial charge in [-0.05, 0) is 36.6 Å². The second-order valence-electron chi connectivity index (χ2n) is 9.00. The number of carbonyl (C=O) groups excluding carboxylic acids is 2. The average Bonchev–Trinajstić information content (AvgIpc) is 3.15. The molecule has 8 nitrogen and oxygen atoms in total. The monoisotopic (exact) mass is 473 g/mol. The molecule has 0 unspecified atom stereocenters. The third kappa shape index (κ3) is 5.39. The molecule has 2 heterocycles. The number of likely N-dealkylation sites (N-methyl/N-ethyl adjacent to an activating group) is 1. The number of likely N-dealkylation sites (tertiary alicyclic amines) is 1. The first-order valence-corrected chi connectivity index (χ1v) is 12.8. The summed E-state index contributed by atoms with van der Waals surface area (Å²) in [5, 5.41) is 12.6. The minimum atomic E-state index is -3.16. The van der Waals surface area contributed by atoms with Crippen molar-refractivity contribution < 1.29 is 23.8 Å². The number of amides is 2. The molecule has 2 aliphatic heterocycles. The number of fused-ring (bicyclic) bond motifs is 1. The highest BCUT2D eigenvalue weighted by Crippen LogP contribution is 2.53. The Morgan fingerprint density at radius 3 is 2.76 bits per heavy atom. The summed E-state index contributed by atoms with van der Waals surface area (Å²) < 4.78 is 20.4. The van der Waals surface area contributed by atoms with Gasteiger partial charge in [0, 0.05) is 26.7 Å². The third-order valence-electron chi connectivity index (χ3n) is 6.32. The van der Waals surface area contributed by atoms with Crippen molar-refractivity contribution in [2.45, 2.75) is 36.8 Å². The van der Waals surface area contributed by atoms with Gasteiger partial charge in [-0.2, -0.15) is 10.6 Å². The van der Waals surface area contributed by atoms with Crippen LogP contribution in [0.1, 0.15) is 29.2 Å². The van der Waals surface area contributed by atoms with Crippen molar-refractivity contribution in [1.82, 2.24) is 9.80 Å². The molecule has 0 bridgehead atoms. The van der Waals surface area contributed by atoms with Gasteiger partial charge in [0.2, 0.25) is 11.8 Å². The highest BCUT2D eigenvalue weighted by Gasteiger charge is 2.31. The van der Waals surface area contributed by atoms with Crippen LogP contribution in [0.4, 0.5) is 5.69 Å². The number of hydrogen-bond acceptors (Lipinski definition) is 6. The lowest BCUT2D eigenvalue weighted by atomic mass is 10.0. The molecule has 4 N–H and O–H groups in total. The van der Waals surface area contributed by atoms with Crippen molar-refractivity contribution in [2.75, 3.05) is 37.8 Å². The second-order valence-corrected chi connectivity index (χ2v) is 11.1. The number of hydrogen-bond donors (Lipinski definition) is 4. The Morgan fingerprint density at radius 2 is 2.06 bits per heavy atom. The molecule has 0 radical (unpaired) electrons. The Labute approximate surface area is 195 Å². The maximum absolute atomic E-state index is 13.3. The Kier molecular flexibility index (Phi) is 6.78. The molecule has 0 saturated carbocycles. The minimum Gasteiger partial charge on any atom is -0.392 e. The number of nitrogens with one attached hydrogen (secondary N) is 1. The fraction of sp³-hybridized carbons (Fsp3) is 0.417. The van der Waals surface area contributed by atoms with E-state index in [9.17, 15) is 23.8 Å². The van der Waals surface area contributed by atoms with Gasteiger partial charge in [0.15, 0.2) is 0 Å². The number of aliphatic hydroxyl groups is 1. The molecule has 0 spiro atoms. The molecular weight excluding hydrogens is 442 g/mol. The van der Waals surface area contributed by atoms with E-state index in [1.54, 1.807) is 30.1 Å². The zero-order valence-electron chi connectivity index (χ0n) is 18.9. The number of benzene rings is 2. The van der Waals surface area contributed by atoms with E-state index in [1.165, 1.54) is 0 Å². The normalized spacial score (nSPS) is 21.7. The quantitative estimate of drug-likeness (QED) is 0.513. The molecule has 4 rings (SSSR count). The van der Waals surface area contributed by atoms with E-state index in [0.717, 1.165) is 24.1 Å². The molecule has 0 aromatic heterocycles. The largest absolute Gasteiger partial charge is 0.392 e. The first kappa shape index (κ1) is 23.7. The Bertz CT molecular complexity index is 1060. The lowest BCUT2D eigenvalue weighted by molar-refractivity contribution is -0.131. The van der Waals surface area contributed by atoms with Crippen LogP contribution in [-0.4, -0.2) is 74.4 Å². The summed E-state index contributed by atoms with van der Waals surface area (Å²) in [6.45, 7) is 4.04. The Hall–Kier alpha value is -2.43. The zero-order chi connectivity index (χ0) is 23.8. The average molecular weight is 474 g/mol. The molecule has 178 valence electrons. The number of β-amino-alcohol motifs (C(OH)–C–C–N with tert-alkyl or cyclic N) is 1. The second kappa shape index (κ2) is 9.44.